The van der Waals surface area contributed by atoms with Crippen LogP contribution in [0.3, 0.4) is 0 Å². The van der Waals surface area contributed by atoms with E-state index >= 15 is 0 Å². The summed E-state index contributed by atoms with van der Waals surface area (Å²) < 4.78 is 38.6. The van der Waals surface area contributed by atoms with Crippen LogP contribution in [0.4, 0.5) is 10.1 Å². The molecule has 0 spiro atoms. The zero-order valence-corrected chi connectivity index (χ0v) is 10.8. The SMILES string of the molecule is CCCCN(C)S(=O)(=O)c1cccc(F)c1N. The number of halogens is 1. The first-order valence-electron chi connectivity index (χ1n) is 5.41. The Morgan fingerprint density at radius 2 is 2.06 bits per heavy atom. The lowest BCUT2D eigenvalue weighted by Crippen LogP contribution is -2.28. The van der Waals surface area contributed by atoms with E-state index in [0.29, 0.717) is 6.54 Å². The Morgan fingerprint density at radius 3 is 2.65 bits per heavy atom. The van der Waals surface area contributed by atoms with Gasteiger partial charge in [0.15, 0.2) is 0 Å². The van der Waals surface area contributed by atoms with Crippen LogP contribution in [-0.4, -0.2) is 26.3 Å². The van der Waals surface area contributed by atoms with E-state index in [1.54, 1.807) is 0 Å². The van der Waals surface area contributed by atoms with Crippen molar-refractivity contribution in [3.63, 3.8) is 0 Å². The van der Waals surface area contributed by atoms with Gasteiger partial charge in [0.05, 0.1) is 5.69 Å². The maximum atomic E-state index is 13.2. The number of nitrogens with zero attached hydrogens (tertiary/aromatic N) is 1. The Bertz CT molecular complexity index is 488. The molecule has 1 aromatic carbocycles. The molecule has 0 radical (unpaired) electrons. The summed E-state index contributed by atoms with van der Waals surface area (Å²) in [5, 5.41) is 0. The van der Waals surface area contributed by atoms with Gasteiger partial charge in [-0.15, -0.1) is 0 Å². The average molecular weight is 260 g/mol. The lowest BCUT2D eigenvalue weighted by atomic mass is 10.3. The van der Waals surface area contributed by atoms with Crippen molar-refractivity contribution in [2.75, 3.05) is 19.3 Å². The van der Waals surface area contributed by atoms with Gasteiger partial charge in [-0.2, -0.15) is 0 Å². The first-order valence-corrected chi connectivity index (χ1v) is 6.85. The van der Waals surface area contributed by atoms with Gasteiger partial charge in [0, 0.05) is 13.6 Å². The monoisotopic (exact) mass is 260 g/mol. The van der Waals surface area contributed by atoms with Crippen molar-refractivity contribution in [3.8, 4) is 0 Å². The largest absolute Gasteiger partial charge is 0.395 e. The molecule has 6 heteroatoms. The third-order valence-corrected chi connectivity index (χ3v) is 4.44. The average Bonchev–Trinajstić information content (AvgIpc) is 2.29. The number of unbranched alkanes of at least 4 members (excludes halogenated alkanes) is 1. The summed E-state index contributed by atoms with van der Waals surface area (Å²) in [4.78, 5) is -0.170. The molecule has 0 aliphatic heterocycles. The van der Waals surface area contributed by atoms with E-state index in [1.165, 1.54) is 23.5 Å². The molecule has 4 nitrogen and oxygen atoms in total. The second-order valence-electron chi connectivity index (χ2n) is 3.83. The molecule has 0 heterocycles. The summed E-state index contributed by atoms with van der Waals surface area (Å²) in [6.45, 7) is 2.37. The van der Waals surface area contributed by atoms with Crippen LogP contribution < -0.4 is 5.73 Å². The minimum atomic E-state index is -3.70. The first kappa shape index (κ1) is 13.9. The van der Waals surface area contributed by atoms with Crippen molar-refractivity contribution >= 4 is 15.7 Å². The van der Waals surface area contributed by atoms with Crippen LogP contribution in [0.5, 0.6) is 0 Å². The van der Waals surface area contributed by atoms with Crippen LogP contribution in [0.1, 0.15) is 19.8 Å². The third-order valence-electron chi connectivity index (χ3n) is 2.53. The maximum absolute atomic E-state index is 13.2. The van der Waals surface area contributed by atoms with Crippen molar-refractivity contribution in [3.05, 3.63) is 24.0 Å². The van der Waals surface area contributed by atoms with E-state index in [1.807, 2.05) is 6.92 Å². The van der Waals surface area contributed by atoms with Crippen molar-refractivity contribution in [1.82, 2.24) is 4.31 Å². The van der Waals surface area contributed by atoms with Crippen LogP contribution >= 0.6 is 0 Å². The van der Waals surface area contributed by atoms with Crippen LogP contribution in [0.25, 0.3) is 0 Å². The Labute approximate surface area is 101 Å². The molecule has 0 amide bonds. The zero-order chi connectivity index (χ0) is 13.1. The van der Waals surface area contributed by atoms with Gasteiger partial charge in [0.25, 0.3) is 0 Å². The second-order valence-corrected chi connectivity index (χ2v) is 5.85. The van der Waals surface area contributed by atoms with Gasteiger partial charge < -0.3 is 5.73 Å². The third kappa shape index (κ3) is 2.95. The van der Waals surface area contributed by atoms with Crippen molar-refractivity contribution in [1.29, 1.82) is 0 Å². The van der Waals surface area contributed by atoms with Gasteiger partial charge >= 0.3 is 0 Å². The number of para-hydroxylation sites is 1. The zero-order valence-electron chi connectivity index (χ0n) is 9.98. The standard InChI is InChI=1S/C11H17FN2O2S/c1-3-4-8-14(2)17(15,16)10-7-5-6-9(12)11(10)13/h5-7H,3-4,8,13H2,1-2H3. The molecule has 0 unspecified atom stereocenters. The first-order chi connectivity index (χ1) is 7.91. The number of benzene rings is 1. The minimum Gasteiger partial charge on any atom is -0.395 e. The molecular weight excluding hydrogens is 243 g/mol. The fraction of sp³-hybridized carbons (Fsp3) is 0.455. The van der Waals surface area contributed by atoms with Crippen molar-refractivity contribution in [2.45, 2.75) is 24.7 Å². The molecule has 1 aromatic rings. The highest BCUT2D eigenvalue weighted by molar-refractivity contribution is 7.89. The van der Waals surface area contributed by atoms with Crippen molar-refractivity contribution in [2.24, 2.45) is 0 Å². The molecule has 0 saturated heterocycles. The molecule has 0 aromatic heterocycles. The highest BCUT2D eigenvalue weighted by Crippen LogP contribution is 2.23. The highest BCUT2D eigenvalue weighted by atomic mass is 32.2. The van der Waals surface area contributed by atoms with E-state index in [-0.39, 0.29) is 10.6 Å². The Morgan fingerprint density at radius 1 is 1.41 bits per heavy atom. The summed E-state index contributed by atoms with van der Waals surface area (Å²) in [6, 6.07) is 3.79. The fourth-order valence-electron chi connectivity index (χ4n) is 1.41. The summed E-state index contributed by atoms with van der Waals surface area (Å²) in [5.74, 6) is -0.713. The fourth-order valence-corrected chi connectivity index (χ4v) is 2.74. The number of nitrogen functional groups attached to an aromatic ring is 1. The van der Waals surface area contributed by atoms with Gasteiger partial charge in [-0.25, -0.2) is 17.1 Å². The topological polar surface area (TPSA) is 63.4 Å². The summed E-state index contributed by atoms with van der Waals surface area (Å²) in [5.41, 5.74) is 5.13. The summed E-state index contributed by atoms with van der Waals surface area (Å²) in [6.07, 6.45) is 1.64. The molecule has 0 bridgehead atoms. The predicted molar refractivity (Wildman–Crippen MR) is 65.5 cm³/mol. The van der Waals surface area contributed by atoms with E-state index in [2.05, 4.69) is 0 Å². The van der Waals surface area contributed by atoms with E-state index in [9.17, 15) is 12.8 Å². The Hall–Kier alpha value is -1.14. The molecule has 17 heavy (non-hydrogen) atoms. The van der Waals surface area contributed by atoms with E-state index in [4.69, 9.17) is 5.73 Å². The minimum absolute atomic E-state index is 0.170. The number of rotatable bonds is 5. The number of sulfonamides is 1. The lowest BCUT2D eigenvalue weighted by Gasteiger charge is -2.18. The molecule has 0 atom stereocenters. The van der Waals surface area contributed by atoms with E-state index in [0.717, 1.165) is 18.9 Å². The number of hydrogen-bond donors (Lipinski definition) is 1. The highest BCUT2D eigenvalue weighted by Gasteiger charge is 2.23. The van der Waals surface area contributed by atoms with Gasteiger partial charge in [-0.3, -0.25) is 0 Å². The maximum Gasteiger partial charge on any atom is 0.244 e. The molecule has 0 aliphatic rings. The molecule has 2 N–H and O–H groups in total. The normalized spacial score (nSPS) is 12.0. The van der Waals surface area contributed by atoms with Crippen LogP contribution in [0, 0.1) is 5.82 Å². The summed E-state index contributed by atoms with van der Waals surface area (Å²) in [7, 11) is -2.23. The predicted octanol–water partition coefficient (Wildman–Crippen LogP) is 1.83. The van der Waals surface area contributed by atoms with Crippen molar-refractivity contribution < 1.29 is 12.8 Å². The Kier molecular flexibility index (Phi) is 4.47. The quantitative estimate of drug-likeness (QED) is 0.821. The molecule has 0 saturated carbocycles. The smallest absolute Gasteiger partial charge is 0.244 e. The lowest BCUT2D eigenvalue weighted by molar-refractivity contribution is 0.459. The van der Waals surface area contributed by atoms with Gasteiger partial charge in [-0.1, -0.05) is 19.4 Å². The van der Waals surface area contributed by atoms with Gasteiger partial charge in [-0.05, 0) is 18.6 Å². The molecule has 1 rings (SSSR count). The van der Waals surface area contributed by atoms with Crippen LogP contribution in [-0.2, 0) is 10.0 Å². The van der Waals surface area contributed by atoms with Gasteiger partial charge in [0.1, 0.15) is 10.7 Å². The van der Waals surface area contributed by atoms with Gasteiger partial charge in [0.2, 0.25) is 10.0 Å². The number of anilines is 1. The number of hydrogen-bond acceptors (Lipinski definition) is 3. The molecule has 96 valence electrons. The van der Waals surface area contributed by atoms with E-state index < -0.39 is 15.8 Å². The molecule has 0 aliphatic carbocycles. The van der Waals surface area contributed by atoms with Crippen LogP contribution in [0.15, 0.2) is 23.1 Å². The Balaban J connectivity index is 3.09. The molecule has 0 fully saturated rings. The second kappa shape index (κ2) is 5.46. The molecular formula is C11H17FN2O2S. The van der Waals surface area contributed by atoms with Crippen LogP contribution in [0.2, 0.25) is 0 Å². The summed E-state index contributed by atoms with van der Waals surface area (Å²) >= 11 is 0. The number of nitrogens with two attached hydrogens (primary N) is 1.